The Labute approximate surface area is 117 Å². The molecule has 1 aromatic rings. The van der Waals surface area contributed by atoms with Gasteiger partial charge >= 0.3 is 5.97 Å². The van der Waals surface area contributed by atoms with E-state index in [2.05, 4.69) is 10.6 Å². The highest BCUT2D eigenvalue weighted by atomic mass is 35.5. The highest BCUT2D eigenvalue weighted by molar-refractivity contribution is 6.33. The monoisotopic (exact) mass is 284 g/mol. The number of carboxylic acid groups (broad SMARTS) is 1. The van der Waals surface area contributed by atoms with Gasteiger partial charge in [-0.3, -0.25) is 4.79 Å². The van der Waals surface area contributed by atoms with Crippen molar-refractivity contribution < 1.29 is 14.7 Å². The van der Waals surface area contributed by atoms with Gasteiger partial charge in [-0.1, -0.05) is 18.5 Å². The van der Waals surface area contributed by atoms with Gasteiger partial charge in [-0.15, -0.1) is 0 Å². The zero-order valence-electron chi connectivity index (χ0n) is 10.9. The number of carboxylic acids is 1. The Balaban J connectivity index is 2.68. The summed E-state index contributed by atoms with van der Waals surface area (Å²) in [5.74, 6) is -1.32. The molecule has 6 heteroatoms. The molecule has 1 amide bonds. The van der Waals surface area contributed by atoms with E-state index >= 15 is 0 Å². The third-order valence-electron chi connectivity index (χ3n) is 2.71. The van der Waals surface area contributed by atoms with Crippen molar-refractivity contribution >= 4 is 29.2 Å². The Morgan fingerprint density at radius 2 is 2.11 bits per heavy atom. The Hall–Kier alpha value is -1.59. The summed E-state index contributed by atoms with van der Waals surface area (Å²) >= 11 is 5.91. The molecule has 19 heavy (non-hydrogen) atoms. The SMILES string of the molecule is CCC(C)NCC(=O)Nc1cc(C(=O)O)ccc1Cl. The molecular formula is C13H17ClN2O3. The van der Waals surface area contributed by atoms with Crippen LogP contribution in [0.25, 0.3) is 0 Å². The predicted molar refractivity (Wildman–Crippen MR) is 74.8 cm³/mol. The quantitative estimate of drug-likeness (QED) is 0.749. The van der Waals surface area contributed by atoms with Gasteiger partial charge in [0, 0.05) is 6.04 Å². The molecule has 3 N–H and O–H groups in total. The van der Waals surface area contributed by atoms with E-state index < -0.39 is 5.97 Å². The number of amides is 1. The second-order valence-electron chi connectivity index (χ2n) is 4.24. The molecule has 0 aliphatic rings. The van der Waals surface area contributed by atoms with E-state index in [-0.39, 0.29) is 24.1 Å². The van der Waals surface area contributed by atoms with Gasteiger partial charge < -0.3 is 15.7 Å². The smallest absolute Gasteiger partial charge is 0.335 e. The summed E-state index contributed by atoms with van der Waals surface area (Å²) in [4.78, 5) is 22.5. The molecule has 0 fully saturated rings. The zero-order valence-corrected chi connectivity index (χ0v) is 11.6. The van der Waals surface area contributed by atoms with Crippen LogP contribution in [-0.2, 0) is 4.79 Å². The third-order valence-corrected chi connectivity index (χ3v) is 3.04. The maximum atomic E-state index is 11.7. The van der Waals surface area contributed by atoms with Gasteiger partial charge in [-0.2, -0.15) is 0 Å². The van der Waals surface area contributed by atoms with Crippen LogP contribution in [0.2, 0.25) is 5.02 Å². The van der Waals surface area contributed by atoms with E-state index in [1.807, 2.05) is 13.8 Å². The molecule has 0 saturated heterocycles. The van der Waals surface area contributed by atoms with Gasteiger partial charge in [0.1, 0.15) is 0 Å². The normalized spacial score (nSPS) is 11.9. The molecule has 5 nitrogen and oxygen atoms in total. The topological polar surface area (TPSA) is 78.4 Å². The Bertz CT molecular complexity index is 477. The first kappa shape index (κ1) is 15.5. The minimum Gasteiger partial charge on any atom is -0.478 e. The van der Waals surface area contributed by atoms with Crippen molar-refractivity contribution in [2.75, 3.05) is 11.9 Å². The highest BCUT2D eigenvalue weighted by Crippen LogP contribution is 2.22. The van der Waals surface area contributed by atoms with Crippen molar-refractivity contribution in [1.29, 1.82) is 0 Å². The van der Waals surface area contributed by atoms with Crippen LogP contribution in [-0.4, -0.2) is 29.6 Å². The second kappa shape index (κ2) is 7.11. The minimum absolute atomic E-state index is 0.0783. The van der Waals surface area contributed by atoms with Crippen molar-refractivity contribution in [2.45, 2.75) is 26.3 Å². The number of hydrogen-bond donors (Lipinski definition) is 3. The lowest BCUT2D eigenvalue weighted by molar-refractivity contribution is -0.115. The lowest BCUT2D eigenvalue weighted by Crippen LogP contribution is -2.34. The molecular weight excluding hydrogens is 268 g/mol. The Morgan fingerprint density at radius 1 is 1.42 bits per heavy atom. The van der Waals surface area contributed by atoms with Gasteiger partial charge in [0.15, 0.2) is 0 Å². The molecule has 0 aliphatic carbocycles. The summed E-state index contributed by atoms with van der Waals surface area (Å²) in [6, 6.07) is 4.42. The first-order valence-electron chi connectivity index (χ1n) is 6.00. The minimum atomic E-state index is -1.06. The van der Waals surface area contributed by atoms with Gasteiger partial charge in [0.05, 0.1) is 22.8 Å². The predicted octanol–water partition coefficient (Wildman–Crippen LogP) is 2.36. The fraction of sp³-hybridized carbons (Fsp3) is 0.385. The number of benzene rings is 1. The molecule has 0 saturated carbocycles. The Kier molecular flexibility index (Phi) is 5.79. The van der Waals surface area contributed by atoms with Gasteiger partial charge in [0.25, 0.3) is 0 Å². The highest BCUT2D eigenvalue weighted by Gasteiger charge is 2.10. The number of nitrogens with one attached hydrogen (secondary N) is 2. The number of anilines is 1. The molecule has 0 spiro atoms. The van der Waals surface area contributed by atoms with E-state index in [0.29, 0.717) is 10.7 Å². The number of carbonyl (C=O) groups excluding carboxylic acids is 1. The first-order chi connectivity index (χ1) is 8.93. The van der Waals surface area contributed by atoms with Crippen LogP contribution in [0.4, 0.5) is 5.69 Å². The van der Waals surface area contributed by atoms with Crippen molar-refractivity contribution in [2.24, 2.45) is 0 Å². The average molecular weight is 285 g/mol. The molecule has 1 atom stereocenters. The van der Waals surface area contributed by atoms with Crippen molar-refractivity contribution in [1.82, 2.24) is 5.32 Å². The molecule has 104 valence electrons. The number of rotatable bonds is 6. The molecule has 1 unspecified atom stereocenters. The molecule has 0 aliphatic heterocycles. The van der Waals surface area contributed by atoms with Gasteiger partial charge in [-0.05, 0) is 31.5 Å². The Morgan fingerprint density at radius 3 is 2.68 bits per heavy atom. The first-order valence-corrected chi connectivity index (χ1v) is 6.38. The summed E-state index contributed by atoms with van der Waals surface area (Å²) in [5, 5.41) is 14.8. The standard InChI is InChI=1S/C13H17ClN2O3/c1-3-8(2)15-7-12(17)16-11-6-9(13(18)19)4-5-10(11)14/h4-6,8,15H,3,7H2,1-2H3,(H,16,17)(H,18,19). The summed E-state index contributed by atoms with van der Waals surface area (Å²) in [7, 11) is 0. The average Bonchev–Trinajstić information content (AvgIpc) is 2.38. The molecule has 0 aromatic heterocycles. The van der Waals surface area contributed by atoms with E-state index in [0.717, 1.165) is 6.42 Å². The summed E-state index contributed by atoms with van der Waals surface area (Å²) in [6.45, 7) is 4.15. The van der Waals surface area contributed by atoms with Crippen molar-refractivity contribution in [3.05, 3.63) is 28.8 Å². The molecule has 1 aromatic carbocycles. The number of aromatic carboxylic acids is 1. The fourth-order valence-corrected chi connectivity index (χ4v) is 1.52. The number of carbonyl (C=O) groups is 2. The summed E-state index contributed by atoms with van der Waals surface area (Å²) in [6.07, 6.45) is 0.919. The van der Waals surface area contributed by atoms with Gasteiger partial charge in [0.2, 0.25) is 5.91 Å². The molecule has 0 radical (unpaired) electrons. The van der Waals surface area contributed by atoms with Crippen LogP contribution in [0.15, 0.2) is 18.2 Å². The molecule has 0 bridgehead atoms. The van der Waals surface area contributed by atoms with Crippen molar-refractivity contribution in [3.63, 3.8) is 0 Å². The fourth-order valence-electron chi connectivity index (χ4n) is 1.36. The van der Waals surface area contributed by atoms with E-state index in [4.69, 9.17) is 16.7 Å². The zero-order chi connectivity index (χ0) is 14.4. The summed E-state index contributed by atoms with van der Waals surface area (Å²) < 4.78 is 0. The number of hydrogen-bond acceptors (Lipinski definition) is 3. The van der Waals surface area contributed by atoms with Crippen LogP contribution in [0.5, 0.6) is 0 Å². The number of halogens is 1. The molecule has 1 rings (SSSR count). The van der Waals surface area contributed by atoms with Crippen LogP contribution >= 0.6 is 11.6 Å². The van der Waals surface area contributed by atoms with Crippen LogP contribution in [0.1, 0.15) is 30.6 Å². The van der Waals surface area contributed by atoms with Crippen LogP contribution in [0.3, 0.4) is 0 Å². The van der Waals surface area contributed by atoms with Crippen molar-refractivity contribution in [3.8, 4) is 0 Å². The van der Waals surface area contributed by atoms with E-state index in [9.17, 15) is 9.59 Å². The lowest BCUT2D eigenvalue weighted by atomic mass is 10.2. The summed E-state index contributed by atoms with van der Waals surface area (Å²) in [5.41, 5.74) is 0.382. The van der Waals surface area contributed by atoms with Gasteiger partial charge in [-0.25, -0.2) is 4.79 Å². The van der Waals surface area contributed by atoms with E-state index in [1.165, 1.54) is 18.2 Å². The third kappa shape index (κ3) is 4.89. The van der Waals surface area contributed by atoms with E-state index in [1.54, 1.807) is 0 Å². The second-order valence-corrected chi connectivity index (χ2v) is 4.65. The maximum absolute atomic E-state index is 11.7. The van der Waals surface area contributed by atoms with Crippen LogP contribution < -0.4 is 10.6 Å². The maximum Gasteiger partial charge on any atom is 0.335 e. The molecule has 0 heterocycles. The lowest BCUT2D eigenvalue weighted by Gasteiger charge is -2.12. The van der Waals surface area contributed by atoms with Crippen LogP contribution in [0, 0.1) is 0 Å². The largest absolute Gasteiger partial charge is 0.478 e.